The fourth-order valence-electron chi connectivity index (χ4n) is 2.18. The molecule has 4 nitrogen and oxygen atoms in total. The van der Waals surface area contributed by atoms with Gasteiger partial charge in [0.15, 0.2) is 0 Å². The van der Waals surface area contributed by atoms with Gasteiger partial charge in [-0.2, -0.15) is 0 Å². The lowest BCUT2D eigenvalue weighted by atomic mass is 9.89. The number of amides is 1. The Labute approximate surface area is 112 Å². The van der Waals surface area contributed by atoms with E-state index in [9.17, 15) is 4.79 Å². The molecule has 1 aliphatic rings. The molecule has 2 N–H and O–H groups in total. The third kappa shape index (κ3) is 2.91. The topological polar surface area (TPSA) is 55.6 Å². The molecule has 0 radical (unpaired) electrons. The van der Waals surface area contributed by atoms with E-state index in [-0.39, 0.29) is 5.91 Å². The van der Waals surface area contributed by atoms with Crippen molar-refractivity contribution in [2.24, 2.45) is 5.73 Å². The zero-order valence-corrected chi connectivity index (χ0v) is 11.5. The van der Waals surface area contributed by atoms with Gasteiger partial charge in [-0.3, -0.25) is 4.79 Å². The normalized spacial score (nSPS) is 18.6. The minimum absolute atomic E-state index is 0.0571. The molecule has 18 heavy (non-hydrogen) atoms. The zero-order chi connectivity index (χ0) is 13.0. The summed E-state index contributed by atoms with van der Waals surface area (Å²) in [5, 5.41) is 2.03. The van der Waals surface area contributed by atoms with Gasteiger partial charge < -0.3 is 15.4 Å². The molecule has 1 aliphatic heterocycles. The molecule has 100 valence electrons. The van der Waals surface area contributed by atoms with Gasteiger partial charge in [-0.05, 0) is 31.2 Å². The molecule has 1 saturated heterocycles. The van der Waals surface area contributed by atoms with Crippen LogP contribution in [-0.4, -0.2) is 36.1 Å². The summed E-state index contributed by atoms with van der Waals surface area (Å²) in [5.74, 6) is 0.0571. The Morgan fingerprint density at radius 2 is 2.28 bits per heavy atom. The van der Waals surface area contributed by atoms with Crippen molar-refractivity contribution in [3.8, 4) is 0 Å². The fourth-order valence-corrected chi connectivity index (χ4v) is 2.90. The van der Waals surface area contributed by atoms with Gasteiger partial charge in [0.2, 0.25) is 5.91 Å². The van der Waals surface area contributed by atoms with Gasteiger partial charge >= 0.3 is 0 Å². The molecule has 0 aromatic carbocycles. The first-order valence-electron chi connectivity index (χ1n) is 6.34. The first kappa shape index (κ1) is 13.5. The second kappa shape index (κ2) is 5.82. The Bertz CT molecular complexity index is 386. The lowest BCUT2D eigenvalue weighted by Crippen LogP contribution is -2.57. The van der Waals surface area contributed by atoms with Crippen LogP contribution in [-0.2, 0) is 16.1 Å². The molecular formula is C13H20N2O2S. The molecule has 0 bridgehead atoms. The second-order valence-corrected chi connectivity index (χ2v) is 5.70. The van der Waals surface area contributed by atoms with E-state index in [0.29, 0.717) is 39.1 Å². The number of ether oxygens (including phenoxy) is 1. The van der Waals surface area contributed by atoms with Crippen LogP contribution < -0.4 is 5.73 Å². The van der Waals surface area contributed by atoms with E-state index in [2.05, 4.69) is 0 Å². The predicted octanol–water partition coefficient (Wildman–Crippen LogP) is 1.60. The number of likely N-dealkylation sites (N-methyl/N-ethyl adjacent to an activating group) is 1. The van der Waals surface area contributed by atoms with Crippen molar-refractivity contribution >= 4 is 17.2 Å². The van der Waals surface area contributed by atoms with Crippen LogP contribution in [0.2, 0.25) is 0 Å². The fraction of sp³-hybridized carbons (Fsp3) is 0.615. The Kier molecular flexibility index (Phi) is 4.37. The summed E-state index contributed by atoms with van der Waals surface area (Å²) in [6.07, 6.45) is 1.24. The van der Waals surface area contributed by atoms with Crippen LogP contribution in [0.15, 0.2) is 17.5 Å². The van der Waals surface area contributed by atoms with Crippen molar-refractivity contribution in [3.63, 3.8) is 0 Å². The van der Waals surface area contributed by atoms with Crippen LogP contribution in [0.1, 0.15) is 24.6 Å². The van der Waals surface area contributed by atoms with Crippen molar-refractivity contribution in [2.45, 2.75) is 31.8 Å². The molecule has 1 fully saturated rings. The predicted molar refractivity (Wildman–Crippen MR) is 72.4 cm³/mol. The molecule has 0 spiro atoms. The standard InChI is InChI=1S/C13H20N2O2S/c1-2-15(10-11-4-3-9-18-11)12(16)13(14)5-7-17-8-6-13/h3-4,9H,2,5-8,10,14H2,1H3. The van der Waals surface area contributed by atoms with Gasteiger partial charge in [-0.15, -0.1) is 11.3 Å². The second-order valence-electron chi connectivity index (χ2n) is 4.67. The van der Waals surface area contributed by atoms with Crippen LogP contribution in [0.25, 0.3) is 0 Å². The summed E-state index contributed by atoms with van der Waals surface area (Å²) in [6.45, 7) is 4.51. The summed E-state index contributed by atoms with van der Waals surface area (Å²) in [5.41, 5.74) is 5.51. The lowest BCUT2D eigenvalue weighted by molar-refractivity contribution is -0.141. The summed E-state index contributed by atoms with van der Waals surface area (Å²) in [6, 6.07) is 4.05. The van der Waals surface area contributed by atoms with Gasteiger partial charge in [0.25, 0.3) is 0 Å². The maximum atomic E-state index is 12.5. The van der Waals surface area contributed by atoms with Crippen molar-refractivity contribution in [3.05, 3.63) is 22.4 Å². The van der Waals surface area contributed by atoms with Crippen molar-refractivity contribution in [1.29, 1.82) is 0 Å². The summed E-state index contributed by atoms with van der Waals surface area (Å²) < 4.78 is 5.29. The van der Waals surface area contributed by atoms with E-state index >= 15 is 0 Å². The first-order chi connectivity index (χ1) is 8.65. The number of hydrogen-bond acceptors (Lipinski definition) is 4. The first-order valence-corrected chi connectivity index (χ1v) is 7.22. The van der Waals surface area contributed by atoms with Gasteiger partial charge in [0.05, 0.1) is 12.1 Å². The van der Waals surface area contributed by atoms with E-state index in [1.807, 2.05) is 29.3 Å². The number of nitrogens with zero attached hydrogens (tertiary/aromatic N) is 1. The molecule has 1 aromatic rings. The summed E-state index contributed by atoms with van der Waals surface area (Å²) in [4.78, 5) is 15.6. The average Bonchev–Trinajstić information content (AvgIpc) is 2.89. The largest absolute Gasteiger partial charge is 0.381 e. The molecule has 1 aromatic heterocycles. The van der Waals surface area contributed by atoms with Crippen LogP contribution in [0.5, 0.6) is 0 Å². The third-order valence-electron chi connectivity index (χ3n) is 3.41. The van der Waals surface area contributed by atoms with Gasteiger partial charge in [0.1, 0.15) is 0 Å². The minimum Gasteiger partial charge on any atom is -0.381 e. The number of rotatable bonds is 4. The molecular weight excluding hydrogens is 248 g/mol. The quantitative estimate of drug-likeness (QED) is 0.902. The van der Waals surface area contributed by atoms with E-state index in [4.69, 9.17) is 10.5 Å². The Hall–Kier alpha value is -0.910. The zero-order valence-electron chi connectivity index (χ0n) is 10.7. The van der Waals surface area contributed by atoms with E-state index in [0.717, 1.165) is 0 Å². The van der Waals surface area contributed by atoms with Crippen LogP contribution in [0, 0.1) is 0 Å². The summed E-state index contributed by atoms with van der Waals surface area (Å²) >= 11 is 1.67. The smallest absolute Gasteiger partial charge is 0.243 e. The van der Waals surface area contributed by atoms with Gasteiger partial charge in [-0.25, -0.2) is 0 Å². The lowest BCUT2D eigenvalue weighted by Gasteiger charge is -2.36. The number of hydrogen-bond donors (Lipinski definition) is 1. The highest BCUT2D eigenvalue weighted by Gasteiger charge is 2.38. The monoisotopic (exact) mass is 268 g/mol. The number of carbonyl (C=O) groups is 1. The molecule has 5 heteroatoms. The van der Waals surface area contributed by atoms with Crippen molar-refractivity contribution in [2.75, 3.05) is 19.8 Å². The third-order valence-corrected chi connectivity index (χ3v) is 4.27. The number of thiophene rings is 1. The molecule has 0 unspecified atom stereocenters. The van der Waals surface area contributed by atoms with E-state index in [1.54, 1.807) is 11.3 Å². The Balaban J connectivity index is 2.04. The summed E-state index contributed by atoms with van der Waals surface area (Å²) in [7, 11) is 0. The average molecular weight is 268 g/mol. The Morgan fingerprint density at radius 3 is 2.83 bits per heavy atom. The number of carbonyl (C=O) groups excluding carboxylic acids is 1. The van der Waals surface area contributed by atoms with Gasteiger partial charge in [0, 0.05) is 24.6 Å². The van der Waals surface area contributed by atoms with Crippen LogP contribution >= 0.6 is 11.3 Å². The highest BCUT2D eigenvalue weighted by atomic mass is 32.1. The maximum Gasteiger partial charge on any atom is 0.243 e. The SMILES string of the molecule is CCN(Cc1cccs1)C(=O)C1(N)CCOCC1. The number of nitrogens with two attached hydrogens (primary N) is 1. The highest BCUT2D eigenvalue weighted by Crippen LogP contribution is 2.22. The molecule has 2 rings (SSSR count). The molecule has 2 heterocycles. The minimum atomic E-state index is -0.731. The van der Waals surface area contributed by atoms with Crippen molar-refractivity contribution < 1.29 is 9.53 Å². The van der Waals surface area contributed by atoms with Crippen LogP contribution in [0.3, 0.4) is 0 Å². The molecule has 1 amide bonds. The van der Waals surface area contributed by atoms with Crippen molar-refractivity contribution in [1.82, 2.24) is 4.90 Å². The van der Waals surface area contributed by atoms with E-state index < -0.39 is 5.54 Å². The molecule has 0 aliphatic carbocycles. The van der Waals surface area contributed by atoms with Gasteiger partial charge in [-0.1, -0.05) is 6.07 Å². The van der Waals surface area contributed by atoms with Crippen LogP contribution in [0.4, 0.5) is 0 Å². The molecule has 0 saturated carbocycles. The Morgan fingerprint density at radius 1 is 1.56 bits per heavy atom. The maximum absolute atomic E-state index is 12.5. The highest BCUT2D eigenvalue weighted by molar-refractivity contribution is 7.09. The van der Waals surface area contributed by atoms with E-state index in [1.165, 1.54) is 4.88 Å². The molecule has 0 atom stereocenters.